The maximum atomic E-state index is 14.7. The van der Waals surface area contributed by atoms with Crippen molar-refractivity contribution in [3.8, 4) is 17.2 Å². The Bertz CT molecular complexity index is 1070. The fourth-order valence-electron chi connectivity index (χ4n) is 3.65. The first-order chi connectivity index (χ1) is 16.0. The molecule has 0 bridgehead atoms. The smallest absolute Gasteiger partial charge is 0.358 e. The minimum Gasteiger partial charge on any atom is -0.497 e. The number of aryl methyl sites for hydroxylation is 1. The molecule has 2 aromatic rings. The highest BCUT2D eigenvalue weighted by Gasteiger charge is 2.46. The number of nitrogens with zero attached hydrogens (tertiary/aromatic N) is 1. The van der Waals surface area contributed by atoms with E-state index >= 15 is 0 Å². The van der Waals surface area contributed by atoms with E-state index < -0.39 is 30.2 Å². The lowest BCUT2D eigenvalue weighted by Gasteiger charge is -2.39. The molecule has 1 aromatic heterocycles. The summed E-state index contributed by atoms with van der Waals surface area (Å²) in [7, 11) is -2.28. The Labute approximate surface area is 209 Å². The largest absolute Gasteiger partial charge is 0.497 e. The number of methoxy groups -OCH3 is 1. The number of hydrogen-bond donors (Lipinski definition) is 1. The van der Waals surface area contributed by atoms with E-state index in [0.717, 1.165) is 0 Å². The van der Waals surface area contributed by atoms with Crippen LogP contribution >= 0.6 is 7.60 Å². The van der Waals surface area contributed by atoms with Crippen LogP contribution in [-0.4, -0.2) is 35.5 Å². The van der Waals surface area contributed by atoms with E-state index in [2.05, 4.69) is 10.3 Å². The van der Waals surface area contributed by atoms with Crippen LogP contribution < -0.4 is 19.5 Å². The Balaban J connectivity index is 2.20. The molecule has 0 fully saturated rings. The third-order valence-electron chi connectivity index (χ3n) is 4.94. The fraction of sp³-hybridized carbons (Fsp3) is 0.577. The van der Waals surface area contributed by atoms with Gasteiger partial charge in [-0.3, -0.25) is 9.55 Å². The second-order valence-electron chi connectivity index (χ2n) is 11.3. The van der Waals surface area contributed by atoms with Crippen molar-refractivity contribution in [3.63, 3.8) is 0 Å². The number of hydrogen-bond acceptors (Lipinski definition) is 8. The minimum atomic E-state index is -3.89. The van der Waals surface area contributed by atoms with Gasteiger partial charge in [0, 0.05) is 11.9 Å². The van der Waals surface area contributed by atoms with Crippen LogP contribution in [0.5, 0.6) is 17.2 Å². The average Bonchev–Trinajstić information content (AvgIpc) is 2.70. The van der Waals surface area contributed by atoms with Gasteiger partial charge < -0.3 is 28.6 Å². The van der Waals surface area contributed by atoms with Crippen molar-refractivity contribution >= 4 is 13.3 Å². The van der Waals surface area contributed by atoms with Gasteiger partial charge in [0.2, 0.25) is 0 Å². The van der Waals surface area contributed by atoms with Crippen LogP contribution in [0, 0.1) is 6.92 Å². The highest BCUT2D eigenvalue weighted by atomic mass is 31.2. The molecule has 1 unspecified atom stereocenters. The molecule has 0 amide bonds. The number of aromatic nitrogens is 1. The molecule has 2 heterocycles. The van der Waals surface area contributed by atoms with Gasteiger partial charge in [0.05, 0.1) is 29.6 Å². The second kappa shape index (κ2) is 9.64. The molecule has 3 rings (SSSR count). The zero-order valence-corrected chi connectivity index (χ0v) is 23.4. The van der Waals surface area contributed by atoms with Crippen molar-refractivity contribution in [2.45, 2.75) is 84.9 Å². The molecule has 35 heavy (non-hydrogen) atoms. The van der Waals surface area contributed by atoms with E-state index in [1.807, 2.05) is 86.6 Å². The first-order valence-electron chi connectivity index (χ1n) is 11.8. The summed E-state index contributed by atoms with van der Waals surface area (Å²) in [6.45, 7) is 17.2. The summed E-state index contributed by atoms with van der Waals surface area (Å²) >= 11 is 0. The zero-order chi connectivity index (χ0) is 26.2. The van der Waals surface area contributed by atoms with Gasteiger partial charge in [0.25, 0.3) is 0 Å². The van der Waals surface area contributed by atoms with Crippen LogP contribution in [0.25, 0.3) is 0 Å². The Morgan fingerprint density at radius 3 is 2.11 bits per heavy atom. The molecule has 0 spiro atoms. The minimum absolute atomic E-state index is 0.330. The number of fused-ring (bicyclic) bond motifs is 1. The second-order valence-corrected chi connectivity index (χ2v) is 13.3. The monoisotopic (exact) mass is 506 g/mol. The summed E-state index contributed by atoms with van der Waals surface area (Å²) in [6.07, 6.45) is 1.65. The van der Waals surface area contributed by atoms with Crippen LogP contribution in [0.2, 0.25) is 0 Å². The quantitative estimate of drug-likeness (QED) is 0.407. The summed E-state index contributed by atoms with van der Waals surface area (Å²) in [5.74, 6) is 0.790. The lowest BCUT2D eigenvalue weighted by atomic mass is 10.1. The highest BCUT2D eigenvalue weighted by molar-refractivity contribution is 7.54. The first kappa shape index (κ1) is 27.3. The number of ether oxygens (including phenoxy) is 3. The van der Waals surface area contributed by atoms with Crippen molar-refractivity contribution in [3.05, 3.63) is 41.7 Å². The molecule has 0 saturated carbocycles. The Morgan fingerprint density at radius 2 is 1.60 bits per heavy atom. The lowest BCUT2D eigenvalue weighted by molar-refractivity contribution is 0.0187. The van der Waals surface area contributed by atoms with Gasteiger partial charge in [-0.1, -0.05) is 0 Å². The maximum Gasteiger partial charge on any atom is 0.358 e. The summed E-state index contributed by atoms with van der Waals surface area (Å²) < 4.78 is 44.9. The molecule has 0 radical (unpaired) electrons. The first-order valence-corrected chi connectivity index (χ1v) is 13.4. The predicted molar refractivity (Wildman–Crippen MR) is 138 cm³/mol. The lowest BCUT2D eigenvalue weighted by Crippen LogP contribution is -2.39. The van der Waals surface area contributed by atoms with Gasteiger partial charge in [0.15, 0.2) is 17.3 Å². The average molecular weight is 507 g/mol. The van der Waals surface area contributed by atoms with Crippen molar-refractivity contribution in [1.82, 2.24) is 4.98 Å². The third kappa shape index (κ3) is 6.90. The van der Waals surface area contributed by atoms with Crippen molar-refractivity contribution in [2.24, 2.45) is 0 Å². The summed E-state index contributed by atoms with van der Waals surface area (Å²) in [6, 6.07) is 7.34. The van der Waals surface area contributed by atoms with Crippen LogP contribution in [0.3, 0.4) is 0 Å². The van der Waals surface area contributed by atoms with Crippen LogP contribution in [0.1, 0.15) is 72.4 Å². The Hall–Kier alpha value is -2.28. The molecule has 0 aliphatic carbocycles. The molecular weight excluding hydrogens is 467 g/mol. The predicted octanol–water partition coefficient (Wildman–Crippen LogP) is 6.88. The molecule has 0 saturated heterocycles. The highest BCUT2D eigenvalue weighted by Crippen LogP contribution is 2.66. The fourth-order valence-corrected chi connectivity index (χ4v) is 6.26. The number of nitrogens with one attached hydrogen (secondary N) is 1. The van der Waals surface area contributed by atoms with Crippen LogP contribution in [0.15, 0.2) is 30.5 Å². The number of benzene rings is 1. The van der Waals surface area contributed by atoms with E-state index in [1.54, 1.807) is 13.3 Å². The van der Waals surface area contributed by atoms with E-state index in [9.17, 15) is 4.57 Å². The van der Waals surface area contributed by atoms with E-state index in [-0.39, 0.29) is 0 Å². The van der Waals surface area contributed by atoms with Gasteiger partial charge in [-0.2, -0.15) is 0 Å². The van der Waals surface area contributed by atoms with Gasteiger partial charge in [0.1, 0.15) is 18.0 Å². The van der Waals surface area contributed by atoms with E-state index in [1.165, 1.54) is 0 Å². The standard InChI is InChI=1S/C26H39N2O6P/c1-17-21-22(31-16-26(8,9)32-21)20(15-27-17)23(28-18-11-13-19(30-10)14-12-18)35(29,33-24(2,3)4)34-25(5,6)7/h11-15,23,28H,16H2,1-10H3. The number of pyridine rings is 1. The number of anilines is 1. The molecular formula is C26H39N2O6P. The van der Waals surface area contributed by atoms with Crippen LogP contribution in [0.4, 0.5) is 5.69 Å². The van der Waals surface area contributed by atoms with Gasteiger partial charge in [-0.25, -0.2) is 0 Å². The molecule has 1 aliphatic rings. The van der Waals surface area contributed by atoms with Gasteiger partial charge in [-0.05, 0) is 86.6 Å². The van der Waals surface area contributed by atoms with Crippen molar-refractivity contribution in [1.29, 1.82) is 0 Å². The molecule has 1 aliphatic heterocycles. The molecule has 1 atom stereocenters. The Morgan fingerprint density at radius 1 is 1.03 bits per heavy atom. The van der Waals surface area contributed by atoms with Crippen molar-refractivity contribution < 1.29 is 27.8 Å². The third-order valence-corrected chi connectivity index (χ3v) is 7.59. The van der Waals surface area contributed by atoms with Crippen LogP contribution in [-0.2, 0) is 13.6 Å². The summed E-state index contributed by atoms with van der Waals surface area (Å²) in [4.78, 5) is 4.56. The molecule has 8 nitrogen and oxygen atoms in total. The molecule has 1 N–H and O–H groups in total. The molecule has 9 heteroatoms. The van der Waals surface area contributed by atoms with Crippen molar-refractivity contribution in [2.75, 3.05) is 19.0 Å². The topological polar surface area (TPSA) is 88.1 Å². The summed E-state index contributed by atoms with van der Waals surface area (Å²) in [5.41, 5.74) is -0.102. The SMILES string of the molecule is COc1ccc(NC(c2cnc(C)c3c2OCC(C)(C)O3)P(=O)(OC(C)(C)C)OC(C)(C)C)cc1. The van der Waals surface area contributed by atoms with Gasteiger partial charge >= 0.3 is 7.60 Å². The zero-order valence-electron chi connectivity index (χ0n) is 22.5. The molecule has 194 valence electrons. The number of rotatable bonds is 7. The van der Waals surface area contributed by atoms with Gasteiger partial charge in [-0.15, -0.1) is 0 Å². The van der Waals surface area contributed by atoms with E-state index in [0.29, 0.717) is 40.8 Å². The van der Waals surface area contributed by atoms with E-state index in [4.69, 9.17) is 23.3 Å². The molecule has 1 aromatic carbocycles. The Kier molecular flexibility index (Phi) is 7.52. The summed E-state index contributed by atoms with van der Waals surface area (Å²) in [5, 5.41) is 3.38. The normalized spacial score (nSPS) is 16.5. The maximum absolute atomic E-state index is 14.7.